The van der Waals surface area contributed by atoms with Gasteiger partial charge in [0.2, 0.25) is 0 Å². The summed E-state index contributed by atoms with van der Waals surface area (Å²) >= 11 is 1.80. The molecule has 112 valence electrons. The molecule has 1 aromatic rings. The van der Waals surface area contributed by atoms with Crippen molar-refractivity contribution in [3.8, 4) is 0 Å². The molecule has 0 radical (unpaired) electrons. The van der Waals surface area contributed by atoms with Crippen LogP contribution in [-0.2, 0) is 11.3 Å². The minimum Gasteiger partial charge on any atom is -0.444 e. The largest absolute Gasteiger partial charge is 0.444 e. The molecule has 1 N–H and O–H groups in total. The van der Waals surface area contributed by atoms with Crippen LogP contribution in [0, 0.1) is 5.92 Å². The van der Waals surface area contributed by atoms with Crippen molar-refractivity contribution in [2.24, 2.45) is 5.92 Å². The zero-order valence-corrected chi connectivity index (χ0v) is 13.7. The Hall–Kier alpha value is -1.23. The van der Waals surface area contributed by atoms with Crippen LogP contribution in [-0.4, -0.2) is 22.4 Å². The molecule has 0 unspecified atom stereocenters. The Labute approximate surface area is 125 Å². The first-order valence-electron chi connectivity index (χ1n) is 6.81. The number of thioether (sulfide) groups is 1. The topological polar surface area (TPSA) is 51.2 Å². The maximum Gasteiger partial charge on any atom is 0.407 e. The molecule has 1 aromatic heterocycles. The lowest BCUT2D eigenvalue weighted by Crippen LogP contribution is -2.32. The second-order valence-corrected chi connectivity index (χ2v) is 7.14. The number of nitrogens with zero attached hydrogens (tertiary/aromatic N) is 1. The van der Waals surface area contributed by atoms with Gasteiger partial charge in [0, 0.05) is 16.8 Å². The van der Waals surface area contributed by atoms with E-state index in [1.54, 1.807) is 18.0 Å². The van der Waals surface area contributed by atoms with Crippen LogP contribution in [0.4, 0.5) is 4.79 Å². The molecule has 0 aliphatic carbocycles. The Morgan fingerprint density at radius 2 is 2.15 bits per heavy atom. The van der Waals surface area contributed by atoms with Gasteiger partial charge < -0.3 is 10.1 Å². The number of carbonyl (C=O) groups is 1. The fourth-order valence-corrected chi connectivity index (χ4v) is 2.28. The van der Waals surface area contributed by atoms with E-state index in [4.69, 9.17) is 4.74 Å². The van der Waals surface area contributed by atoms with Crippen LogP contribution in [0.2, 0.25) is 0 Å². The Balaban J connectivity index is 2.48. The van der Waals surface area contributed by atoms with Crippen molar-refractivity contribution in [1.82, 2.24) is 10.3 Å². The SMILES string of the molecule is CC(C)CSc1ccnc(CNC(=O)OC(C)(C)C)c1. The van der Waals surface area contributed by atoms with Gasteiger partial charge in [-0.2, -0.15) is 0 Å². The molecule has 0 bridgehead atoms. The molecule has 20 heavy (non-hydrogen) atoms. The van der Waals surface area contributed by atoms with Crippen molar-refractivity contribution < 1.29 is 9.53 Å². The number of amides is 1. The fraction of sp³-hybridized carbons (Fsp3) is 0.600. The van der Waals surface area contributed by atoms with Crippen LogP contribution in [0.5, 0.6) is 0 Å². The zero-order chi connectivity index (χ0) is 15.2. The van der Waals surface area contributed by atoms with Gasteiger partial charge in [-0.25, -0.2) is 4.79 Å². The number of rotatable bonds is 5. The van der Waals surface area contributed by atoms with Crippen LogP contribution in [0.3, 0.4) is 0 Å². The van der Waals surface area contributed by atoms with Gasteiger partial charge in [0.25, 0.3) is 0 Å². The highest BCUT2D eigenvalue weighted by atomic mass is 32.2. The van der Waals surface area contributed by atoms with Gasteiger partial charge in [0.05, 0.1) is 12.2 Å². The molecule has 1 heterocycles. The second kappa shape index (κ2) is 7.53. The predicted molar refractivity (Wildman–Crippen MR) is 82.9 cm³/mol. The molecule has 0 saturated heterocycles. The molecule has 0 spiro atoms. The van der Waals surface area contributed by atoms with Crippen molar-refractivity contribution >= 4 is 17.9 Å². The maximum atomic E-state index is 11.6. The molecular weight excluding hydrogens is 272 g/mol. The third-order valence-corrected chi connectivity index (χ3v) is 3.60. The molecule has 1 amide bonds. The van der Waals surface area contributed by atoms with Crippen LogP contribution in [0.25, 0.3) is 0 Å². The summed E-state index contributed by atoms with van der Waals surface area (Å²) in [6.07, 6.45) is 1.36. The summed E-state index contributed by atoms with van der Waals surface area (Å²) in [5.74, 6) is 1.72. The molecule has 0 aliphatic heterocycles. The molecule has 5 heteroatoms. The van der Waals surface area contributed by atoms with E-state index in [2.05, 4.69) is 24.1 Å². The smallest absolute Gasteiger partial charge is 0.407 e. The third kappa shape index (κ3) is 7.38. The van der Waals surface area contributed by atoms with E-state index in [0.717, 1.165) is 11.4 Å². The van der Waals surface area contributed by atoms with E-state index >= 15 is 0 Å². The number of carbonyl (C=O) groups excluding carboxylic acids is 1. The Morgan fingerprint density at radius 3 is 2.75 bits per heavy atom. The first-order valence-corrected chi connectivity index (χ1v) is 7.79. The Morgan fingerprint density at radius 1 is 1.45 bits per heavy atom. The monoisotopic (exact) mass is 296 g/mol. The van der Waals surface area contributed by atoms with Crippen molar-refractivity contribution in [3.63, 3.8) is 0 Å². The summed E-state index contributed by atoms with van der Waals surface area (Å²) in [5.41, 5.74) is 0.358. The Kier molecular flexibility index (Phi) is 6.33. The van der Waals surface area contributed by atoms with E-state index in [-0.39, 0.29) is 0 Å². The van der Waals surface area contributed by atoms with Gasteiger partial charge in [-0.3, -0.25) is 4.98 Å². The van der Waals surface area contributed by atoms with Crippen molar-refractivity contribution in [2.45, 2.75) is 51.7 Å². The van der Waals surface area contributed by atoms with E-state index in [1.807, 2.05) is 32.9 Å². The fourth-order valence-electron chi connectivity index (χ4n) is 1.38. The molecule has 0 saturated carbocycles. The van der Waals surface area contributed by atoms with Crippen LogP contribution < -0.4 is 5.32 Å². The number of alkyl carbamates (subject to hydrolysis) is 1. The summed E-state index contributed by atoms with van der Waals surface area (Å²) in [5, 5.41) is 2.71. The van der Waals surface area contributed by atoms with Gasteiger partial charge in [0.1, 0.15) is 5.60 Å². The molecule has 4 nitrogen and oxygen atoms in total. The van der Waals surface area contributed by atoms with Crippen LogP contribution in [0.1, 0.15) is 40.3 Å². The molecule has 0 aromatic carbocycles. The predicted octanol–water partition coefficient (Wildman–Crippen LogP) is 3.85. The standard InChI is InChI=1S/C15H24N2O2S/c1-11(2)10-20-13-6-7-16-12(8-13)9-17-14(18)19-15(3,4)5/h6-8,11H,9-10H2,1-5H3,(H,17,18). The number of ether oxygens (including phenoxy) is 1. The van der Waals surface area contributed by atoms with E-state index in [9.17, 15) is 4.79 Å². The summed E-state index contributed by atoms with van der Waals surface area (Å²) in [4.78, 5) is 17.0. The lowest BCUT2D eigenvalue weighted by molar-refractivity contribution is 0.0523. The van der Waals surface area contributed by atoms with Gasteiger partial charge in [-0.1, -0.05) is 13.8 Å². The van der Waals surface area contributed by atoms with Crippen molar-refractivity contribution in [1.29, 1.82) is 0 Å². The van der Waals surface area contributed by atoms with E-state index in [0.29, 0.717) is 12.5 Å². The average Bonchev–Trinajstić information content (AvgIpc) is 2.32. The maximum absolute atomic E-state index is 11.6. The quantitative estimate of drug-likeness (QED) is 0.838. The van der Waals surface area contributed by atoms with Gasteiger partial charge in [-0.15, -0.1) is 11.8 Å². The Bertz CT molecular complexity index is 442. The molecular formula is C15H24N2O2S. The first kappa shape index (κ1) is 16.8. The number of hydrogen-bond donors (Lipinski definition) is 1. The average molecular weight is 296 g/mol. The minimum atomic E-state index is -0.480. The van der Waals surface area contributed by atoms with Gasteiger partial charge in [-0.05, 0) is 38.8 Å². The summed E-state index contributed by atoms with van der Waals surface area (Å²) in [6.45, 7) is 10.3. The third-order valence-electron chi connectivity index (χ3n) is 2.18. The summed E-state index contributed by atoms with van der Waals surface area (Å²) < 4.78 is 5.19. The van der Waals surface area contributed by atoms with E-state index in [1.165, 1.54) is 4.90 Å². The summed E-state index contributed by atoms with van der Waals surface area (Å²) in [6, 6.07) is 3.99. The summed E-state index contributed by atoms with van der Waals surface area (Å²) in [7, 11) is 0. The highest BCUT2D eigenvalue weighted by Gasteiger charge is 2.15. The van der Waals surface area contributed by atoms with Gasteiger partial charge in [0.15, 0.2) is 0 Å². The van der Waals surface area contributed by atoms with Crippen molar-refractivity contribution in [3.05, 3.63) is 24.0 Å². The number of pyridine rings is 1. The molecule has 0 atom stereocenters. The minimum absolute atomic E-state index is 0.380. The van der Waals surface area contributed by atoms with Crippen molar-refractivity contribution in [2.75, 3.05) is 5.75 Å². The molecule has 0 fully saturated rings. The zero-order valence-electron chi connectivity index (χ0n) is 12.9. The lowest BCUT2D eigenvalue weighted by atomic mass is 10.2. The highest BCUT2D eigenvalue weighted by molar-refractivity contribution is 7.99. The number of nitrogens with one attached hydrogen (secondary N) is 1. The lowest BCUT2D eigenvalue weighted by Gasteiger charge is -2.19. The second-order valence-electron chi connectivity index (χ2n) is 6.04. The normalized spacial score (nSPS) is 11.5. The molecule has 0 aliphatic rings. The molecule has 1 rings (SSSR count). The van der Waals surface area contributed by atoms with E-state index < -0.39 is 11.7 Å². The van der Waals surface area contributed by atoms with Gasteiger partial charge >= 0.3 is 6.09 Å². The highest BCUT2D eigenvalue weighted by Crippen LogP contribution is 2.20. The van der Waals surface area contributed by atoms with Crippen LogP contribution in [0.15, 0.2) is 23.2 Å². The van der Waals surface area contributed by atoms with Crippen LogP contribution >= 0.6 is 11.8 Å². The number of aromatic nitrogens is 1. The first-order chi connectivity index (χ1) is 9.26. The number of hydrogen-bond acceptors (Lipinski definition) is 4.